The third-order valence-electron chi connectivity index (χ3n) is 4.05. The first-order valence-electron chi connectivity index (χ1n) is 8.66. The molecule has 7 heteroatoms. The Labute approximate surface area is 172 Å². The monoisotopic (exact) mass is 427 g/mol. The molecule has 1 aliphatic carbocycles. The fraction of sp³-hybridized carbons (Fsp3) is 0.0952. The van der Waals surface area contributed by atoms with Crippen LogP contribution >= 0.6 is 30.7 Å². The third-order valence-corrected chi connectivity index (χ3v) is 8.08. The first-order chi connectivity index (χ1) is 13.7. The summed E-state index contributed by atoms with van der Waals surface area (Å²) in [4.78, 5) is 5.62. The number of hydrogen-bond donors (Lipinski definition) is 0. The molecule has 1 heterocycles. The number of hydrogen-bond acceptors (Lipinski definition) is 6. The Hall–Kier alpha value is -2.27. The number of para-hydroxylation sites is 2. The number of thiazole rings is 1. The number of allylic oxidation sites excluding steroid dienone is 2. The average Bonchev–Trinajstić information content (AvgIpc) is 3.00. The molecule has 4 rings (SSSR count). The highest BCUT2D eigenvalue weighted by molar-refractivity contribution is 8.00. The van der Waals surface area contributed by atoms with Crippen LogP contribution in [0.4, 0.5) is 0 Å². The lowest BCUT2D eigenvalue weighted by Gasteiger charge is -2.23. The van der Waals surface area contributed by atoms with Gasteiger partial charge in [-0.3, -0.25) is 0 Å². The Morgan fingerprint density at radius 2 is 1.50 bits per heavy atom. The second-order valence-corrected chi connectivity index (χ2v) is 10.1. The van der Waals surface area contributed by atoms with E-state index in [1.165, 1.54) is 0 Å². The SMILES string of the molecule is CSc1nc2c(s1)C=CC(P(=O)(Oc1ccccc1)Oc1ccccc1)C=C2. The van der Waals surface area contributed by atoms with Crippen LogP contribution in [0, 0.1) is 0 Å². The van der Waals surface area contributed by atoms with E-state index in [2.05, 4.69) is 4.98 Å². The molecule has 0 radical (unpaired) electrons. The molecule has 1 atom stereocenters. The zero-order valence-electron chi connectivity index (χ0n) is 15.1. The van der Waals surface area contributed by atoms with Gasteiger partial charge in [0, 0.05) is 0 Å². The first kappa shape index (κ1) is 19.1. The maximum Gasteiger partial charge on any atom is 0.441 e. The van der Waals surface area contributed by atoms with Crippen molar-refractivity contribution in [2.45, 2.75) is 10.00 Å². The van der Waals surface area contributed by atoms with Crippen LogP contribution in [0.25, 0.3) is 12.2 Å². The third kappa shape index (κ3) is 4.25. The molecule has 0 aliphatic heterocycles. The van der Waals surface area contributed by atoms with Crippen LogP contribution in [0.3, 0.4) is 0 Å². The summed E-state index contributed by atoms with van der Waals surface area (Å²) in [7, 11) is -3.59. The van der Waals surface area contributed by atoms with Crippen LogP contribution in [0.15, 0.2) is 77.2 Å². The summed E-state index contributed by atoms with van der Waals surface area (Å²) in [6.07, 6.45) is 9.57. The molecule has 28 heavy (non-hydrogen) atoms. The second-order valence-electron chi connectivity index (χ2n) is 5.99. The quantitative estimate of drug-likeness (QED) is 0.327. The van der Waals surface area contributed by atoms with E-state index >= 15 is 0 Å². The average molecular weight is 427 g/mol. The molecule has 0 amide bonds. The van der Waals surface area contributed by atoms with Gasteiger partial charge in [-0.2, -0.15) is 0 Å². The van der Waals surface area contributed by atoms with Crippen LogP contribution in [-0.2, 0) is 4.57 Å². The highest BCUT2D eigenvalue weighted by Crippen LogP contribution is 2.54. The van der Waals surface area contributed by atoms with E-state index in [0.717, 1.165) is 14.9 Å². The van der Waals surface area contributed by atoms with E-state index in [4.69, 9.17) is 9.05 Å². The van der Waals surface area contributed by atoms with Crippen molar-refractivity contribution >= 4 is 42.8 Å². The second kappa shape index (κ2) is 8.39. The molecule has 1 aromatic heterocycles. The molecule has 142 valence electrons. The van der Waals surface area contributed by atoms with Crippen LogP contribution in [-0.4, -0.2) is 16.9 Å². The molecule has 1 unspecified atom stereocenters. The first-order valence-corrected chi connectivity index (χ1v) is 12.3. The zero-order valence-corrected chi connectivity index (χ0v) is 17.6. The molecule has 2 aromatic carbocycles. The number of nitrogens with zero attached hydrogens (tertiary/aromatic N) is 1. The summed E-state index contributed by atoms with van der Waals surface area (Å²) < 4.78 is 26.8. The number of thioether (sulfide) groups is 1. The van der Waals surface area contributed by atoms with Crippen LogP contribution < -0.4 is 9.05 Å². The van der Waals surface area contributed by atoms with Crippen molar-refractivity contribution in [2.24, 2.45) is 0 Å². The van der Waals surface area contributed by atoms with Crippen LogP contribution in [0.2, 0.25) is 0 Å². The van der Waals surface area contributed by atoms with Crippen molar-refractivity contribution in [1.82, 2.24) is 4.98 Å². The molecule has 0 spiro atoms. The summed E-state index contributed by atoms with van der Waals surface area (Å²) in [6, 6.07) is 18.2. The molecule has 0 saturated heterocycles. The highest BCUT2D eigenvalue weighted by Gasteiger charge is 2.37. The number of fused-ring (bicyclic) bond motifs is 1. The molecule has 3 aromatic rings. The topological polar surface area (TPSA) is 48.4 Å². The molecular formula is C21H18NO3PS2. The van der Waals surface area contributed by atoms with Crippen molar-refractivity contribution in [1.29, 1.82) is 0 Å². The van der Waals surface area contributed by atoms with Crippen molar-refractivity contribution in [2.75, 3.05) is 6.26 Å². The minimum Gasteiger partial charge on any atom is -0.415 e. The molecule has 1 aliphatic rings. The van der Waals surface area contributed by atoms with Gasteiger partial charge in [-0.1, -0.05) is 60.3 Å². The minimum atomic E-state index is -3.59. The van der Waals surface area contributed by atoms with E-state index in [9.17, 15) is 4.57 Å². The summed E-state index contributed by atoms with van der Waals surface area (Å²) >= 11 is 3.23. The minimum absolute atomic E-state index is 0.505. The molecule has 0 bridgehead atoms. The van der Waals surface area contributed by atoms with Gasteiger partial charge in [-0.15, -0.1) is 11.3 Å². The van der Waals surface area contributed by atoms with E-state index < -0.39 is 13.3 Å². The van der Waals surface area contributed by atoms with E-state index in [0.29, 0.717) is 11.5 Å². The summed E-state index contributed by atoms with van der Waals surface area (Å²) in [6.45, 7) is 0. The van der Waals surface area contributed by atoms with Gasteiger partial charge < -0.3 is 9.05 Å². The number of aromatic nitrogens is 1. The standard InChI is InChI=1S/C21H18NO3PS2/c1-27-21-22-19-14-12-18(13-15-20(19)28-21)26(23,24-16-8-4-2-5-9-16)25-17-10-6-3-7-11-17/h2-15,18H,1H3. The lowest BCUT2D eigenvalue weighted by molar-refractivity contribution is 0.383. The van der Waals surface area contributed by atoms with Gasteiger partial charge in [-0.05, 0) is 42.7 Å². The molecule has 0 N–H and O–H groups in total. The molecule has 0 fully saturated rings. The lowest BCUT2D eigenvalue weighted by atomic mass is 10.3. The highest BCUT2D eigenvalue weighted by atomic mass is 32.2. The Morgan fingerprint density at radius 3 is 2.07 bits per heavy atom. The Balaban J connectivity index is 1.68. The Kier molecular flexibility index (Phi) is 5.72. The maximum atomic E-state index is 13.9. The van der Waals surface area contributed by atoms with Gasteiger partial charge in [0.05, 0.1) is 10.6 Å². The van der Waals surface area contributed by atoms with Gasteiger partial charge in [0.2, 0.25) is 0 Å². The number of rotatable bonds is 6. The predicted octanol–water partition coefficient (Wildman–Crippen LogP) is 6.62. The van der Waals surface area contributed by atoms with Gasteiger partial charge >= 0.3 is 7.60 Å². The molecule has 4 nitrogen and oxygen atoms in total. The number of benzene rings is 2. The van der Waals surface area contributed by atoms with Crippen molar-refractivity contribution in [3.63, 3.8) is 0 Å². The fourth-order valence-corrected chi connectivity index (χ4v) is 5.89. The summed E-state index contributed by atoms with van der Waals surface area (Å²) in [5.74, 6) is 1.01. The van der Waals surface area contributed by atoms with Gasteiger partial charge in [-0.25, -0.2) is 9.55 Å². The molecular weight excluding hydrogens is 409 g/mol. The molecule has 0 saturated carbocycles. The van der Waals surface area contributed by atoms with Crippen molar-refractivity contribution < 1.29 is 13.6 Å². The summed E-state index contributed by atoms with van der Waals surface area (Å²) in [5, 5.41) is 0. The maximum absolute atomic E-state index is 13.9. The van der Waals surface area contributed by atoms with Crippen LogP contribution in [0.5, 0.6) is 11.5 Å². The Morgan fingerprint density at radius 1 is 0.929 bits per heavy atom. The normalized spacial score (nSPS) is 15.7. The van der Waals surface area contributed by atoms with E-state index in [1.54, 1.807) is 47.4 Å². The fourth-order valence-electron chi connectivity index (χ4n) is 2.70. The lowest BCUT2D eigenvalue weighted by Crippen LogP contribution is -2.12. The van der Waals surface area contributed by atoms with Crippen molar-refractivity contribution in [3.05, 3.63) is 83.4 Å². The van der Waals surface area contributed by atoms with Gasteiger partial charge in [0.15, 0.2) is 4.34 Å². The largest absolute Gasteiger partial charge is 0.441 e. The van der Waals surface area contributed by atoms with Gasteiger partial charge in [0.1, 0.15) is 17.2 Å². The van der Waals surface area contributed by atoms with E-state index in [-0.39, 0.29) is 0 Å². The Bertz CT molecular complexity index is 971. The zero-order chi connectivity index (χ0) is 19.4. The van der Waals surface area contributed by atoms with Crippen LogP contribution in [0.1, 0.15) is 10.6 Å². The summed E-state index contributed by atoms with van der Waals surface area (Å²) in [5.41, 5.74) is 0.339. The van der Waals surface area contributed by atoms with E-state index in [1.807, 2.05) is 67.0 Å². The smallest absolute Gasteiger partial charge is 0.415 e. The van der Waals surface area contributed by atoms with Gasteiger partial charge in [0.25, 0.3) is 0 Å². The predicted molar refractivity (Wildman–Crippen MR) is 117 cm³/mol. The van der Waals surface area contributed by atoms with Crippen molar-refractivity contribution in [3.8, 4) is 11.5 Å².